The van der Waals surface area contributed by atoms with Crippen molar-refractivity contribution in [2.24, 2.45) is 0 Å². The highest BCUT2D eigenvalue weighted by atomic mass is 32.2. The Morgan fingerprint density at radius 2 is 1.80 bits per heavy atom. The highest BCUT2D eigenvalue weighted by molar-refractivity contribution is 7.91. The van der Waals surface area contributed by atoms with Gasteiger partial charge < -0.3 is 28.6 Å². The van der Waals surface area contributed by atoms with Gasteiger partial charge in [-0.15, -0.1) is 0 Å². The van der Waals surface area contributed by atoms with Crippen molar-refractivity contribution in [2.45, 2.75) is 82.5 Å². The van der Waals surface area contributed by atoms with E-state index in [0.717, 1.165) is 56.6 Å². The SMILES string of the molecule is COCCOCCOCCO[C@@H](/C=C/CC[C@@H](C)S(C)(=O)=O)CCCN1C[C@@]2(CCCc3cc(C)ccc32)COc2ccc(C(C)=O)cc21. The van der Waals surface area contributed by atoms with Gasteiger partial charge in [-0.2, -0.15) is 0 Å². The van der Waals surface area contributed by atoms with E-state index >= 15 is 0 Å². The Kier molecular flexibility index (Phi) is 15.1. The molecule has 272 valence electrons. The number of hydrogen-bond acceptors (Lipinski definition) is 9. The average Bonchev–Trinajstić information content (AvgIpc) is 3.21. The number of ether oxygens (including phenoxy) is 5. The maximum atomic E-state index is 12.4. The lowest BCUT2D eigenvalue weighted by atomic mass is 9.69. The van der Waals surface area contributed by atoms with E-state index in [1.165, 1.54) is 22.9 Å². The summed E-state index contributed by atoms with van der Waals surface area (Å²) in [6, 6.07) is 12.6. The maximum Gasteiger partial charge on any atom is 0.159 e. The summed E-state index contributed by atoms with van der Waals surface area (Å²) in [4.78, 5) is 14.8. The van der Waals surface area contributed by atoms with Crippen molar-refractivity contribution >= 4 is 21.3 Å². The number of methoxy groups -OCH3 is 1. The van der Waals surface area contributed by atoms with Crippen LogP contribution in [0.5, 0.6) is 5.75 Å². The fourth-order valence-corrected chi connectivity index (χ4v) is 7.33. The third kappa shape index (κ3) is 11.6. The minimum absolute atomic E-state index is 0.0350. The summed E-state index contributed by atoms with van der Waals surface area (Å²) in [6.07, 6.45) is 11.4. The number of ketones is 1. The first-order chi connectivity index (χ1) is 23.5. The van der Waals surface area contributed by atoms with Gasteiger partial charge in [-0.1, -0.05) is 35.9 Å². The number of allylic oxidation sites excluding steroid dienone is 1. The largest absolute Gasteiger partial charge is 0.490 e. The standard InChI is InChI=1S/C39H57NO8S/c1-30-14-16-36-34(26-30)11-8-18-39(36)28-40(37-27-33(32(3)41)15-17-38(37)48-29-39)19-9-13-35(12-7-6-10-31(2)49(5,42)43)47-25-24-46-23-22-45-21-20-44-4/h7,12,14-17,26-27,31,35H,6,8-11,13,18-25,28-29H2,1-5H3/b12-7+/t31-,35+,39+/m1/s1. The quantitative estimate of drug-likeness (QED) is 0.0898. The second-order valence-electron chi connectivity index (χ2n) is 13.7. The second kappa shape index (κ2) is 19.0. The fraction of sp³-hybridized carbons (Fsp3) is 0.615. The van der Waals surface area contributed by atoms with Crippen molar-refractivity contribution in [2.75, 3.05) is 77.6 Å². The number of hydrogen-bond donors (Lipinski definition) is 0. The molecular weight excluding hydrogens is 642 g/mol. The Hall–Kier alpha value is -2.76. The van der Waals surface area contributed by atoms with Crippen LogP contribution in [0, 0.1) is 6.92 Å². The van der Waals surface area contributed by atoms with Crippen LogP contribution in [0.3, 0.4) is 0 Å². The molecule has 1 aliphatic carbocycles. The van der Waals surface area contributed by atoms with E-state index in [1.54, 1.807) is 21.0 Å². The Morgan fingerprint density at radius 3 is 2.53 bits per heavy atom. The molecule has 0 fully saturated rings. The molecule has 0 aromatic heterocycles. The summed E-state index contributed by atoms with van der Waals surface area (Å²) in [6.45, 7) is 10.7. The zero-order valence-electron chi connectivity index (χ0n) is 30.2. The zero-order chi connectivity index (χ0) is 35.3. The molecule has 3 atom stereocenters. The van der Waals surface area contributed by atoms with E-state index in [9.17, 15) is 13.2 Å². The van der Waals surface area contributed by atoms with Crippen LogP contribution in [-0.2, 0) is 40.6 Å². The lowest BCUT2D eigenvalue weighted by Gasteiger charge is -2.41. The van der Waals surface area contributed by atoms with Gasteiger partial charge in [-0.25, -0.2) is 8.42 Å². The average molecular weight is 700 g/mol. The van der Waals surface area contributed by atoms with Gasteiger partial charge in [0.15, 0.2) is 5.78 Å². The monoisotopic (exact) mass is 699 g/mol. The number of anilines is 1. The molecule has 0 radical (unpaired) electrons. The highest BCUT2D eigenvalue weighted by Gasteiger charge is 2.41. The lowest BCUT2D eigenvalue weighted by Crippen LogP contribution is -2.46. The summed E-state index contributed by atoms with van der Waals surface area (Å²) in [7, 11) is -1.42. The topological polar surface area (TPSA) is 101 Å². The maximum absolute atomic E-state index is 12.4. The summed E-state index contributed by atoms with van der Waals surface area (Å²) < 4.78 is 52.9. The Balaban J connectivity index is 1.45. The number of carbonyl (C=O) groups excluding carboxylic acids is 1. The molecule has 0 amide bonds. The Bertz CT molecular complexity index is 1490. The molecule has 10 heteroatoms. The molecule has 1 heterocycles. The molecule has 2 aromatic rings. The fourth-order valence-electron chi connectivity index (χ4n) is 6.76. The van der Waals surface area contributed by atoms with Crippen molar-refractivity contribution in [1.82, 2.24) is 0 Å². The second-order valence-corrected chi connectivity index (χ2v) is 16.1. The van der Waals surface area contributed by atoms with Crippen LogP contribution in [0.1, 0.15) is 79.4 Å². The molecule has 9 nitrogen and oxygen atoms in total. The number of fused-ring (bicyclic) bond motifs is 3. The third-order valence-corrected chi connectivity index (χ3v) is 11.4. The minimum Gasteiger partial charge on any atom is -0.490 e. The third-order valence-electron chi connectivity index (χ3n) is 9.74. The lowest BCUT2D eigenvalue weighted by molar-refractivity contribution is -0.00792. The van der Waals surface area contributed by atoms with Gasteiger partial charge in [0.1, 0.15) is 15.6 Å². The molecule has 1 spiro atoms. The van der Waals surface area contributed by atoms with Crippen LogP contribution in [0.2, 0.25) is 0 Å². The van der Waals surface area contributed by atoms with Crippen molar-refractivity contribution in [1.29, 1.82) is 0 Å². The van der Waals surface area contributed by atoms with Crippen molar-refractivity contribution in [3.05, 3.63) is 70.8 Å². The molecule has 2 aromatic carbocycles. The van der Waals surface area contributed by atoms with Crippen LogP contribution in [0.15, 0.2) is 48.6 Å². The summed E-state index contributed by atoms with van der Waals surface area (Å²) in [5.74, 6) is 0.852. The predicted octanol–water partition coefficient (Wildman–Crippen LogP) is 6.29. The summed E-state index contributed by atoms with van der Waals surface area (Å²) >= 11 is 0. The molecule has 49 heavy (non-hydrogen) atoms. The molecule has 0 N–H and O–H groups in total. The minimum atomic E-state index is -3.07. The number of nitrogens with zero attached hydrogens (tertiary/aromatic N) is 1. The first-order valence-electron chi connectivity index (χ1n) is 17.8. The molecule has 0 bridgehead atoms. The first-order valence-corrected chi connectivity index (χ1v) is 19.7. The van der Waals surface area contributed by atoms with Crippen molar-refractivity contribution in [3.63, 3.8) is 0 Å². The molecule has 0 saturated heterocycles. The van der Waals surface area contributed by atoms with Gasteiger partial charge >= 0.3 is 0 Å². The van der Waals surface area contributed by atoms with Crippen LogP contribution in [-0.4, -0.2) is 98.3 Å². The van der Waals surface area contributed by atoms with E-state index < -0.39 is 9.84 Å². The predicted molar refractivity (Wildman–Crippen MR) is 195 cm³/mol. The van der Waals surface area contributed by atoms with Crippen molar-refractivity contribution in [3.8, 4) is 5.75 Å². The van der Waals surface area contributed by atoms with E-state index in [2.05, 4.69) is 36.1 Å². The highest BCUT2D eigenvalue weighted by Crippen LogP contribution is 2.44. The van der Waals surface area contributed by atoms with Gasteiger partial charge in [0.05, 0.1) is 63.3 Å². The van der Waals surface area contributed by atoms with E-state index in [4.69, 9.17) is 23.7 Å². The van der Waals surface area contributed by atoms with E-state index in [-0.39, 0.29) is 22.6 Å². The smallest absolute Gasteiger partial charge is 0.159 e. The van der Waals surface area contributed by atoms with Crippen molar-refractivity contribution < 1.29 is 36.9 Å². The molecule has 1 aliphatic heterocycles. The molecule has 0 saturated carbocycles. The van der Waals surface area contributed by atoms with Gasteiger partial charge in [-0.3, -0.25) is 4.79 Å². The number of rotatable bonds is 20. The van der Waals surface area contributed by atoms with E-state index in [1.807, 2.05) is 24.3 Å². The van der Waals surface area contributed by atoms with E-state index in [0.29, 0.717) is 64.7 Å². The first kappa shape index (κ1) is 39.0. The zero-order valence-corrected chi connectivity index (χ0v) is 31.0. The Labute approximate surface area is 294 Å². The Morgan fingerprint density at radius 1 is 1.04 bits per heavy atom. The molecule has 4 rings (SSSR count). The molecular formula is C39H57NO8S. The van der Waals surface area contributed by atoms with Gasteiger partial charge in [-0.05, 0) is 95.0 Å². The normalized spacial score (nSPS) is 18.9. The van der Waals surface area contributed by atoms with Crippen LogP contribution < -0.4 is 9.64 Å². The van der Waals surface area contributed by atoms with Crippen LogP contribution in [0.25, 0.3) is 0 Å². The van der Waals surface area contributed by atoms with Crippen LogP contribution in [0.4, 0.5) is 5.69 Å². The van der Waals surface area contributed by atoms with Gasteiger partial charge in [0, 0.05) is 37.4 Å². The summed E-state index contributed by atoms with van der Waals surface area (Å²) in [5, 5.41) is -0.387. The number of aryl methyl sites for hydroxylation is 2. The van der Waals surface area contributed by atoms with Gasteiger partial charge in [0.25, 0.3) is 0 Å². The van der Waals surface area contributed by atoms with Gasteiger partial charge in [0.2, 0.25) is 0 Å². The number of Topliss-reactive ketones (excluding diaryl/α,β-unsaturated/α-hetero) is 1. The van der Waals surface area contributed by atoms with Crippen LogP contribution >= 0.6 is 0 Å². The number of sulfone groups is 1. The summed E-state index contributed by atoms with van der Waals surface area (Å²) in [5.41, 5.74) is 5.57. The number of carbonyl (C=O) groups is 1. The molecule has 2 aliphatic rings. The molecule has 0 unspecified atom stereocenters. The number of benzene rings is 2.